The number of nitrogens with one attached hydrogen (secondary N) is 1. The number of benzene rings is 3. The van der Waals surface area contributed by atoms with E-state index in [0.717, 1.165) is 16.7 Å². The predicted molar refractivity (Wildman–Crippen MR) is 103 cm³/mol. The number of aryl methyl sites for hydroxylation is 3. The number of rotatable bonds is 4. The maximum absolute atomic E-state index is 12.8. The summed E-state index contributed by atoms with van der Waals surface area (Å²) in [6.07, 6.45) is 0. The average molecular weight is 329 g/mol. The van der Waals surface area contributed by atoms with Crippen molar-refractivity contribution in [2.45, 2.75) is 26.8 Å². The molecule has 0 saturated heterocycles. The van der Waals surface area contributed by atoms with Gasteiger partial charge >= 0.3 is 0 Å². The molecule has 0 aliphatic carbocycles. The molecule has 0 bridgehead atoms. The van der Waals surface area contributed by atoms with Crippen LogP contribution in [0.3, 0.4) is 0 Å². The highest BCUT2D eigenvalue weighted by Gasteiger charge is 2.18. The molecule has 3 rings (SSSR count). The van der Waals surface area contributed by atoms with Crippen molar-refractivity contribution in [2.24, 2.45) is 0 Å². The van der Waals surface area contributed by atoms with Gasteiger partial charge in [0.1, 0.15) is 0 Å². The summed E-state index contributed by atoms with van der Waals surface area (Å²) in [5.41, 5.74) is 6.36. The zero-order valence-corrected chi connectivity index (χ0v) is 14.9. The summed E-state index contributed by atoms with van der Waals surface area (Å²) < 4.78 is 0. The van der Waals surface area contributed by atoms with Crippen molar-refractivity contribution in [3.8, 4) is 0 Å². The number of amides is 1. The van der Waals surface area contributed by atoms with E-state index < -0.39 is 0 Å². The van der Waals surface area contributed by atoms with Crippen LogP contribution in [0.4, 0.5) is 0 Å². The Labute approximate surface area is 149 Å². The minimum Gasteiger partial charge on any atom is -0.341 e. The molecule has 0 spiro atoms. The fraction of sp³-hybridized carbons (Fsp3) is 0.174. The first-order chi connectivity index (χ1) is 12.0. The molecule has 0 heterocycles. The molecule has 1 N–H and O–H groups in total. The lowest BCUT2D eigenvalue weighted by molar-refractivity contribution is 0.0943. The van der Waals surface area contributed by atoms with Crippen LogP contribution in [-0.4, -0.2) is 5.91 Å². The van der Waals surface area contributed by atoms with Crippen molar-refractivity contribution in [3.05, 3.63) is 106 Å². The minimum absolute atomic E-state index is 0.0578. The topological polar surface area (TPSA) is 29.1 Å². The van der Waals surface area contributed by atoms with E-state index in [1.54, 1.807) is 0 Å². The Hall–Kier alpha value is -2.87. The first-order valence-corrected chi connectivity index (χ1v) is 8.54. The highest BCUT2D eigenvalue weighted by atomic mass is 16.1. The second kappa shape index (κ2) is 7.35. The molecule has 2 heteroatoms. The van der Waals surface area contributed by atoms with Crippen LogP contribution in [0.25, 0.3) is 0 Å². The van der Waals surface area contributed by atoms with Crippen molar-refractivity contribution < 1.29 is 4.79 Å². The van der Waals surface area contributed by atoms with Crippen LogP contribution in [0.1, 0.15) is 44.2 Å². The summed E-state index contributed by atoms with van der Waals surface area (Å²) in [5.74, 6) is -0.0578. The van der Waals surface area contributed by atoms with Gasteiger partial charge in [0, 0.05) is 5.56 Å². The van der Waals surface area contributed by atoms with E-state index in [9.17, 15) is 4.79 Å². The van der Waals surface area contributed by atoms with Gasteiger partial charge in [-0.25, -0.2) is 0 Å². The van der Waals surface area contributed by atoms with Crippen LogP contribution >= 0.6 is 0 Å². The van der Waals surface area contributed by atoms with Crippen LogP contribution in [0.15, 0.2) is 72.8 Å². The van der Waals surface area contributed by atoms with Gasteiger partial charge in [-0.1, -0.05) is 66.2 Å². The van der Waals surface area contributed by atoms with Gasteiger partial charge in [-0.2, -0.15) is 0 Å². The van der Waals surface area contributed by atoms with Crippen molar-refractivity contribution in [1.29, 1.82) is 0 Å². The Bertz CT molecular complexity index is 866. The van der Waals surface area contributed by atoms with Gasteiger partial charge in [0.25, 0.3) is 5.91 Å². The normalized spacial score (nSPS) is 11.8. The number of hydrogen-bond acceptors (Lipinski definition) is 1. The molecule has 0 fully saturated rings. The first kappa shape index (κ1) is 17.0. The molecule has 1 amide bonds. The number of hydrogen-bond donors (Lipinski definition) is 1. The molecule has 3 aromatic rings. The lowest BCUT2D eigenvalue weighted by Gasteiger charge is -2.20. The molecule has 3 aromatic carbocycles. The molecule has 25 heavy (non-hydrogen) atoms. The first-order valence-electron chi connectivity index (χ1n) is 8.54. The fourth-order valence-corrected chi connectivity index (χ4v) is 2.86. The SMILES string of the molecule is Cc1ccc(C(NC(=O)c2ccc(C)c(C)c2)c2ccccc2)cc1. The highest BCUT2D eigenvalue weighted by Crippen LogP contribution is 2.23. The van der Waals surface area contributed by atoms with Gasteiger partial charge in [0.05, 0.1) is 6.04 Å². The molecule has 0 aliphatic heterocycles. The van der Waals surface area contributed by atoms with Gasteiger partial charge < -0.3 is 5.32 Å². The second-order valence-electron chi connectivity index (χ2n) is 6.53. The Morgan fingerprint density at radius 1 is 0.760 bits per heavy atom. The van der Waals surface area contributed by atoms with Gasteiger partial charge in [-0.3, -0.25) is 4.79 Å². The molecule has 0 radical (unpaired) electrons. The maximum atomic E-state index is 12.8. The summed E-state index contributed by atoms with van der Waals surface area (Å²) in [6.45, 7) is 6.14. The summed E-state index contributed by atoms with van der Waals surface area (Å²) >= 11 is 0. The van der Waals surface area contributed by atoms with E-state index in [1.807, 2.05) is 55.5 Å². The van der Waals surface area contributed by atoms with E-state index in [0.29, 0.717) is 5.56 Å². The summed E-state index contributed by atoms with van der Waals surface area (Å²) in [7, 11) is 0. The van der Waals surface area contributed by atoms with Crippen LogP contribution in [0.5, 0.6) is 0 Å². The van der Waals surface area contributed by atoms with Gasteiger partial charge in [-0.15, -0.1) is 0 Å². The molecule has 1 unspecified atom stereocenters. The van der Waals surface area contributed by atoms with Crippen molar-refractivity contribution in [2.75, 3.05) is 0 Å². The maximum Gasteiger partial charge on any atom is 0.252 e. The quantitative estimate of drug-likeness (QED) is 0.706. The monoisotopic (exact) mass is 329 g/mol. The Kier molecular flexibility index (Phi) is 4.99. The largest absolute Gasteiger partial charge is 0.341 e. The van der Waals surface area contributed by atoms with Crippen molar-refractivity contribution >= 4 is 5.91 Å². The smallest absolute Gasteiger partial charge is 0.252 e. The van der Waals surface area contributed by atoms with Crippen molar-refractivity contribution in [1.82, 2.24) is 5.32 Å². The molecular weight excluding hydrogens is 306 g/mol. The third kappa shape index (κ3) is 3.97. The molecule has 0 aliphatic rings. The molecule has 126 valence electrons. The predicted octanol–water partition coefficient (Wildman–Crippen LogP) is 5.13. The minimum atomic E-state index is -0.170. The van der Waals surface area contributed by atoms with Gasteiger partial charge in [-0.05, 0) is 55.2 Å². The average Bonchev–Trinajstić information content (AvgIpc) is 2.63. The van der Waals surface area contributed by atoms with Gasteiger partial charge in [0.15, 0.2) is 0 Å². The van der Waals surface area contributed by atoms with Crippen LogP contribution in [0.2, 0.25) is 0 Å². The Balaban J connectivity index is 1.93. The van der Waals surface area contributed by atoms with E-state index >= 15 is 0 Å². The van der Waals surface area contributed by atoms with E-state index in [1.165, 1.54) is 11.1 Å². The molecule has 0 saturated carbocycles. The fourth-order valence-electron chi connectivity index (χ4n) is 2.86. The molecule has 0 aromatic heterocycles. The third-order valence-corrected chi connectivity index (χ3v) is 4.59. The molecular formula is C23H23NO. The molecule has 1 atom stereocenters. The van der Waals surface area contributed by atoms with Crippen LogP contribution in [-0.2, 0) is 0 Å². The number of carbonyl (C=O) groups is 1. The van der Waals surface area contributed by atoms with Crippen LogP contribution < -0.4 is 5.32 Å². The standard InChI is InChI=1S/C23H23NO/c1-16-9-12-20(13-10-16)22(19-7-5-4-6-8-19)24-23(25)21-14-11-17(2)18(3)15-21/h4-15,22H,1-3H3,(H,24,25). The summed E-state index contributed by atoms with van der Waals surface area (Å²) in [4.78, 5) is 12.8. The lowest BCUT2D eigenvalue weighted by atomic mass is 9.97. The van der Waals surface area contributed by atoms with Crippen molar-refractivity contribution in [3.63, 3.8) is 0 Å². The summed E-state index contributed by atoms with van der Waals surface area (Å²) in [5, 5.41) is 3.19. The van der Waals surface area contributed by atoms with Gasteiger partial charge in [0.2, 0.25) is 0 Å². The highest BCUT2D eigenvalue weighted by molar-refractivity contribution is 5.95. The van der Waals surface area contributed by atoms with E-state index in [4.69, 9.17) is 0 Å². The van der Waals surface area contributed by atoms with E-state index in [2.05, 4.69) is 43.4 Å². The zero-order chi connectivity index (χ0) is 17.8. The third-order valence-electron chi connectivity index (χ3n) is 4.59. The second-order valence-corrected chi connectivity index (χ2v) is 6.53. The number of carbonyl (C=O) groups excluding carboxylic acids is 1. The lowest BCUT2D eigenvalue weighted by Crippen LogP contribution is -2.29. The molecule has 2 nitrogen and oxygen atoms in total. The summed E-state index contributed by atoms with van der Waals surface area (Å²) in [6, 6.07) is 24.0. The zero-order valence-electron chi connectivity index (χ0n) is 14.9. The Morgan fingerprint density at radius 2 is 1.40 bits per heavy atom. The van der Waals surface area contributed by atoms with Crippen LogP contribution in [0, 0.1) is 20.8 Å². The Morgan fingerprint density at radius 3 is 2.04 bits per heavy atom. The van der Waals surface area contributed by atoms with E-state index in [-0.39, 0.29) is 11.9 Å².